The summed E-state index contributed by atoms with van der Waals surface area (Å²) in [5.74, 6) is -1.02. The molecule has 0 aliphatic rings. The zero-order chi connectivity index (χ0) is 9.28. The van der Waals surface area contributed by atoms with Crippen molar-refractivity contribution in [3.05, 3.63) is 0 Å². The van der Waals surface area contributed by atoms with Gasteiger partial charge in [-0.25, -0.2) is 0 Å². The molecular formula is C6H10O5. The third-order valence-electron chi connectivity index (χ3n) is 0.546. The number of carbonyl (C=O) groups is 3. The zero-order valence-electron chi connectivity index (χ0n) is 6.36. The van der Waals surface area contributed by atoms with Crippen molar-refractivity contribution in [1.82, 2.24) is 0 Å². The van der Waals surface area contributed by atoms with Gasteiger partial charge in [-0.2, -0.15) is 0 Å². The van der Waals surface area contributed by atoms with Crippen molar-refractivity contribution in [2.24, 2.45) is 0 Å². The lowest BCUT2D eigenvalue weighted by Gasteiger charge is -1.92. The highest BCUT2D eigenvalue weighted by atomic mass is 16.6. The lowest BCUT2D eigenvalue weighted by molar-refractivity contribution is -0.157. The lowest BCUT2D eigenvalue weighted by Crippen LogP contribution is -2.06. The second kappa shape index (κ2) is 8.61. The molecule has 0 aromatic rings. The Morgan fingerprint density at radius 1 is 1.55 bits per heavy atom. The van der Waals surface area contributed by atoms with E-state index in [1.54, 1.807) is 6.92 Å². The third-order valence-corrected chi connectivity index (χ3v) is 0.546. The second-order valence-electron chi connectivity index (χ2n) is 1.42. The molecule has 0 unspecified atom stereocenters. The Hall–Kier alpha value is -1.39. The van der Waals surface area contributed by atoms with Gasteiger partial charge in [-0.3, -0.25) is 14.4 Å². The van der Waals surface area contributed by atoms with Gasteiger partial charge in [0.25, 0.3) is 6.47 Å². The predicted molar refractivity (Wildman–Crippen MR) is 35.8 cm³/mol. The van der Waals surface area contributed by atoms with Crippen molar-refractivity contribution in [2.45, 2.75) is 20.3 Å². The van der Waals surface area contributed by atoms with Crippen molar-refractivity contribution in [3.63, 3.8) is 0 Å². The minimum absolute atomic E-state index is 0.250. The fourth-order valence-electron chi connectivity index (χ4n) is 0.232. The van der Waals surface area contributed by atoms with Crippen LogP contribution in [-0.2, 0) is 19.1 Å². The average Bonchev–Trinajstić information content (AvgIpc) is 1.88. The molecule has 0 saturated heterocycles. The maximum atomic E-state index is 10.2. The molecule has 0 aromatic carbocycles. The minimum atomic E-state index is -0.545. The van der Waals surface area contributed by atoms with Crippen LogP contribution in [0, 0.1) is 0 Å². The van der Waals surface area contributed by atoms with Gasteiger partial charge in [-0.05, 0) is 0 Å². The van der Waals surface area contributed by atoms with Crippen LogP contribution in [0.25, 0.3) is 0 Å². The van der Waals surface area contributed by atoms with E-state index >= 15 is 0 Å². The van der Waals surface area contributed by atoms with Gasteiger partial charge in [-0.15, -0.1) is 0 Å². The van der Waals surface area contributed by atoms with Crippen molar-refractivity contribution in [3.8, 4) is 0 Å². The zero-order valence-corrected chi connectivity index (χ0v) is 6.36. The molecule has 64 valence electrons. The average molecular weight is 162 g/mol. The van der Waals surface area contributed by atoms with Gasteiger partial charge in [0.05, 0.1) is 0 Å². The number of rotatable bonds is 1. The normalized spacial score (nSPS) is 7.09. The van der Waals surface area contributed by atoms with Crippen LogP contribution in [0.5, 0.6) is 0 Å². The summed E-state index contributed by atoms with van der Waals surface area (Å²) < 4.78 is 4.12. The largest absolute Gasteiger partial charge is 0.483 e. The van der Waals surface area contributed by atoms with Gasteiger partial charge >= 0.3 is 11.9 Å². The molecule has 0 bridgehead atoms. The maximum absolute atomic E-state index is 10.2. The monoisotopic (exact) mass is 162 g/mol. The summed E-state index contributed by atoms with van der Waals surface area (Å²) >= 11 is 0. The molecule has 0 aromatic heterocycles. The van der Waals surface area contributed by atoms with Crippen molar-refractivity contribution >= 4 is 18.4 Å². The minimum Gasteiger partial charge on any atom is -0.483 e. The summed E-state index contributed by atoms with van der Waals surface area (Å²) in [7, 11) is 0. The topological polar surface area (TPSA) is 80.7 Å². The van der Waals surface area contributed by atoms with Gasteiger partial charge < -0.3 is 9.84 Å². The number of esters is 2. The molecule has 0 fully saturated rings. The molecule has 0 amide bonds. The molecule has 0 aliphatic carbocycles. The Morgan fingerprint density at radius 3 is 2.00 bits per heavy atom. The molecule has 5 heteroatoms. The van der Waals surface area contributed by atoms with E-state index in [1.165, 1.54) is 6.92 Å². The van der Waals surface area contributed by atoms with Crippen LogP contribution in [0.15, 0.2) is 0 Å². The number of hydrogen-bond donors (Lipinski definition) is 1. The van der Waals surface area contributed by atoms with Crippen molar-refractivity contribution in [1.29, 1.82) is 0 Å². The number of carbonyl (C=O) groups excluding carboxylic acids is 2. The first kappa shape index (κ1) is 12.3. The van der Waals surface area contributed by atoms with Gasteiger partial charge in [0, 0.05) is 13.3 Å². The van der Waals surface area contributed by atoms with Gasteiger partial charge in [0.2, 0.25) is 0 Å². The van der Waals surface area contributed by atoms with E-state index in [-0.39, 0.29) is 12.9 Å². The summed E-state index contributed by atoms with van der Waals surface area (Å²) in [5.41, 5.74) is 0. The second-order valence-corrected chi connectivity index (χ2v) is 1.42. The van der Waals surface area contributed by atoms with Crippen LogP contribution in [0.2, 0.25) is 0 Å². The first-order valence-electron chi connectivity index (χ1n) is 2.87. The smallest absolute Gasteiger partial charge is 0.313 e. The van der Waals surface area contributed by atoms with E-state index < -0.39 is 11.9 Å². The highest BCUT2D eigenvalue weighted by Crippen LogP contribution is 1.82. The van der Waals surface area contributed by atoms with Crippen LogP contribution in [0.3, 0.4) is 0 Å². The van der Waals surface area contributed by atoms with Crippen LogP contribution >= 0.6 is 0 Å². The fourth-order valence-corrected chi connectivity index (χ4v) is 0.232. The molecule has 0 aliphatic heterocycles. The molecular weight excluding hydrogens is 152 g/mol. The van der Waals surface area contributed by atoms with Crippen molar-refractivity contribution in [2.75, 3.05) is 0 Å². The van der Waals surface area contributed by atoms with E-state index in [9.17, 15) is 9.59 Å². The van der Waals surface area contributed by atoms with E-state index in [0.717, 1.165) is 0 Å². The number of carboxylic acid groups (broad SMARTS) is 1. The molecule has 0 heterocycles. The first-order valence-corrected chi connectivity index (χ1v) is 2.87. The Balaban J connectivity index is 0. The quantitative estimate of drug-likeness (QED) is 0.338. The Bertz CT molecular complexity index is 140. The predicted octanol–water partition coefficient (Wildman–Crippen LogP) is 0.187. The summed E-state index contributed by atoms with van der Waals surface area (Å²) in [6.45, 7) is 2.58. The molecule has 0 atom stereocenters. The summed E-state index contributed by atoms with van der Waals surface area (Å²) in [5, 5.41) is 6.89. The summed E-state index contributed by atoms with van der Waals surface area (Å²) in [4.78, 5) is 28.5. The molecule has 0 rings (SSSR count). The summed E-state index contributed by atoms with van der Waals surface area (Å²) in [6, 6.07) is 0. The summed E-state index contributed by atoms with van der Waals surface area (Å²) in [6.07, 6.45) is 0.250. The van der Waals surface area contributed by atoms with Gasteiger partial charge in [-0.1, -0.05) is 6.92 Å². The highest BCUT2D eigenvalue weighted by Gasteiger charge is 1.99. The van der Waals surface area contributed by atoms with Crippen molar-refractivity contribution < 1.29 is 24.2 Å². The van der Waals surface area contributed by atoms with Crippen LogP contribution in [0.4, 0.5) is 0 Å². The number of hydrogen-bond acceptors (Lipinski definition) is 4. The van der Waals surface area contributed by atoms with Gasteiger partial charge in [0.15, 0.2) is 0 Å². The first-order chi connectivity index (χ1) is 5.08. The molecule has 5 nitrogen and oxygen atoms in total. The molecule has 0 radical (unpaired) electrons. The van der Waals surface area contributed by atoms with Crippen LogP contribution < -0.4 is 0 Å². The van der Waals surface area contributed by atoms with Gasteiger partial charge in [0.1, 0.15) is 0 Å². The Labute approximate surface area is 64.0 Å². The number of ether oxygens (including phenoxy) is 1. The molecule has 11 heavy (non-hydrogen) atoms. The van der Waals surface area contributed by atoms with E-state index in [1.807, 2.05) is 0 Å². The maximum Gasteiger partial charge on any atom is 0.313 e. The highest BCUT2D eigenvalue weighted by molar-refractivity contribution is 5.83. The molecule has 0 spiro atoms. The Kier molecular flexibility index (Phi) is 9.63. The SMILES string of the molecule is CCC(=O)OC(C)=O.O=CO. The standard InChI is InChI=1S/C5H8O3.CH2O2/c1-3-5(7)8-4(2)6;2-1-3/h3H2,1-2H3;1H,(H,2,3). The van der Waals surface area contributed by atoms with Crippen LogP contribution in [0.1, 0.15) is 20.3 Å². The lowest BCUT2D eigenvalue weighted by atomic mass is 10.5. The van der Waals surface area contributed by atoms with E-state index in [2.05, 4.69) is 4.74 Å². The fraction of sp³-hybridized carbons (Fsp3) is 0.500. The molecule has 1 N–H and O–H groups in total. The van der Waals surface area contributed by atoms with Crippen LogP contribution in [-0.4, -0.2) is 23.5 Å². The molecule has 0 saturated carbocycles. The Morgan fingerprint density at radius 2 is 1.91 bits per heavy atom. The van der Waals surface area contributed by atoms with E-state index in [4.69, 9.17) is 9.90 Å². The third kappa shape index (κ3) is 17.7. The van der Waals surface area contributed by atoms with E-state index in [0.29, 0.717) is 0 Å².